The van der Waals surface area contributed by atoms with E-state index in [1.165, 1.54) is 6.42 Å². The normalized spacial score (nSPS) is 19.9. The highest BCUT2D eigenvalue weighted by atomic mass is 79.9. The van der Waals surface area contributed by atoms with Crippen molar-refractivity contribution in [1.29, 1.82) is 0 Å². The average Bonchev–Trinajstić information content (AvgIpc) is 2.38. The molecule has 1 heterocycles. The molecule has 0 saturated carbocycles. The minimum absolute atomic E-state index is 0.210. The highest BCUT2D eigenvalue weighted by Gasteiger charge is 2.25. The minimum Gasteiger partial charge on any atom is -0.339 e. The molecular formula is C14H17BrClNO. The quantitative estimate of drug-likeness (QED) is 0.775. The number of hydrogen-bond acceptors (Lipinski definition) is 1. The first kappa shape index (κ1) is 13.9. The second-order valence-electron chi connectivity index (χ2n) is 4.70. The van der Waals surface area contributed by atoms with E-state index in [1.54, 1.807) is 0 Å². The van der Waals surface area contributed by atoms with E-state index < -0.39 is 0 Å². The largest absolute Gasteiger partial charge is 0.339 e. The number of benzene rings is 1. The van der Waals surface area contributed by atoms with E-state index in [4.69, 9.17) is 11.6 Å². The standard InChI is InChI=1S/C14H17BrClNO/c15-10-13-6-1-2-7-17(13)14(18)9-11-4-3-5-12(16)8-11/h3-5,8,13H,1-2,6-7,9-10H2. The maximum absolute atomic E-state index is 12.3. The summed E-state index contributed by atoms with van der Waals surface area (Å²) in [6, 6.07) is 7.90. The molecule has 98 valence electrons. The molecule has 1 atom stereocenters. The van der Waals surface area contributed by atoms with Crippen LogP contribution in [0.15, 0.2) is 24.3 Å². The van der Waals surface area contributed by atoms with Crippen molar-refractivity contribution in [3.05, 3.63) is 34.9 Å². The molecule has 1 fully saturated rings. The molecule has 0 N–H and O–H groups in total. The Balaban J connectivity index is 2.02. The molecule has 0 aromatic heterocycles. The molecule has 18 heavy (non-hydrogen) atoms. The van der Waals surface area contributed by atoms with Gasteiger partial charge >= 0.3 is 0 Å². The van der Waals surface area contributed by atoms with E-state index in [-0.39, 0.29) is 5.91 Å². The van der Waals surface area contributed by atoms with Crippen molar-refractivity contribution in [2.45, 2.75) is 31.7 Å². The fourth-order valence-corrected chi connectivity index (χ4v) is 3.30. The second-order valence-corrected chi connectivity index (χ2v) is 5.78. The SMILES string of the molecule is O=C(Cc1cccc(Cl)c1)N1CCCCC1CBr. The molecule has 1 aromatic rings. The number of rotatable bonds is 3. The summed E-state index contributed by atoms with van der Waals surface area (Å²) in [5, 5.41) is 1.56. The number of hydrogen-bond donors (Lipinski definition) is 0. The zero-order valence-corrected chi connectivity index (χ0v) is 12.6. The van der Waals surface area contributed by atoms with Crippen LogP contribution in [0, 0.1) is 0 Å². The third kappa shape index (κ3) is 3.48. The van der Waals surface area contributed by atoms with Crippen LogP contribution in [-0.4, -0.2) is 28.7 Å². The third-order valence-electron chi connectivity index (χ3n) is 3.37. The highest BCUT2D eigenvalue weighted by Crippen LogP contribution is 2.20. The fourth-order valence-electron chi connectivity index (χ4n) is 2.41. The van der Waals surface area contributed by atoms with Crippen molar-refractivity contribution in [3.8, 4) is 0 Å². The van der Waals surface area contributed by atoms with E-state index in [0.29, 0.717) is 17.5 Å². The van der Waals surface area contributed by atoms with Crippen molar-refractivity contribution >= 4 is 33.4 Å². The van der Waals surface area contributed by atoms with Gasteiger partial charge in [0.15, 0.2) is 0 Å². The lowest BCUT2D eigenvalue weighted by Gasteiger charge is -2.34. The molecule has 1 saturated heterocycles. The van der Waals surface area contributed by atoms with Crippen molar-refractivity contribution < 1.29 is 4.79 Å². The predicted molar refractivity (Wildman–Crippen MR) is 78.3 cm³/mol. The maximum atomic E-state index is 12.3. The summed E-state index contributed by atoms with van der Waals surface area (Å²) in [5.74, 6) is 0.210. The van der Waals surface area contributed by atoms with Crippen molar-refractivity contribution in [2.75, 3.05) is 11.9 Å². The molecule has 4 heteroatoms. The van der Waals surface area contributed by atoms with Crippen LogP contribution < -0.4 is 0 Å². The number of piperidine rings is 1. The van der Waals surface area contributed by atoms with Gasteiger partial charge in [-0.3, -0.25) is 4.79 Å². The first-order valence-corrected chi connectivity index (χ1v) is 7.80. The Kier molecular flexibility index (Phi) is 5.07. The molecule has 1 amide bonds. The van der Waals surface area contributed by atoms with Crippen molar-refractivity contribution in [1.82, 2.24) is 4.90 Å². The molecule has 1 aliphatic heterocycles. The summed E-state index contributed by atoms with van der Waals surface area (Å²) in [6.07, 6.45) is 3.89. The summed E-state index contributed by atoms with van der Waals surface area (Å²) in [5.41, 5.74) is 0.992. The molecule has 1 aliphatic rings. The second kappa shape index (κ2) is 6.58. The van der Waals surface area contributed by atoms with E-state index >= 15 is 0 Å². The average molecular weight is 331 g/mol. The fraction of sp³-hybridized carbons (Fsp3) is 0.500. The van der Waals surface area contributed by atoms with E-state index in [9.17, 15) is 4.79 Å². The Morgan fingerprint density at radius 2 is 2.28 bits per heavy atom. The van der Waals surface area contributed by atoms with Crippen LogP contribution in [0.25, 0.3) is 0 Å². The molecule has 1 unspecified atom stereocenters. The molecule has 0 radical (unpaired) electrons. The van der Waals surface area contributed by atoms with E-state index in [2.05, 4.69) is 15.9 Å². The number of alkyl halides is 1. The summed E-state index contributed by atoms with van der Waals surface area (Å²) >= 11 is 9.44. The lowest BCUT2D eigenvalue weighted by Crippen LogP contribution is -2.45. The number of amides is 1. The zero-order valence-electron chi connectivity index (χ0n) is 10.2. The van der Waals surface area contributed by atoms with Crippen LogP contribution in [0.3, 0.4) is 0 Å². The van der Waals surface area contributed by atoms with Crippen LogP contribution in [0.4, 0.5) is 0 Å². The molecule has 0 aliphatic carbocycles. The van der Waals surface area contributed by atoms with Crippen molar-refractivity contribution in [3.63, 3.8) is 0 Å². The molecule has 0 spiro atoms. The van der Waals surface area contributed by atoms with Gasteiger partial charge in [-0.25, -0.2) is 0 Å². The minimum atomic E-state index is 0.210. The number of nitrogens with zero attached hydrogens (tertiary/aromatic N) is 1. The van der Waals surface area contributed by atoms with Gasteiger partial charge in [0.25, 0.3) is 0 Å². The Labute approximate surface area is 121 Å². The van der Waals surface area contributed by atoms with Gasteiger partial charge < -0.3 is 4.90 Å². The summed E-state index contributed by atoms with van der Waals surface area (Å²) in [7, 11) is 0. The van der Waals surface area contributed by atoms with Gasteiger partial charge in [-0.05, 0) is 37.0 Å². The Morgan fingerprint density at radius 3 is 3.00 bits per heavy atom. The van der Waals surface area contributed by atoms with Gasteiger partial charge in [0.1, 0.15) is 0 Å². The van der Waals surface area contributed by atoms with Gasteiger partial charge in [-0.15, -0.1) is 0 Å². The Hall–Kier alpha value is -0.540. The number of likely N-dealkylation sites (tertiary alicyclic amines) is 1. The molecule has 2 rings (SSSR count). The monoisotopic (exact) mass is 329 g/mol. The molecule has 1 aromatic carbocycles. The first-order valence-electron chi connectivity index (χ1n) is 6.30. The Morgan fingerprint density at radius 1 is 1.44 bits per heavy atom. The highest BCUT2D eigenvalue weighted by molar-refractivity contribution is 9.09. The number of carbonyl (C=O) groups excluding carboxylic acids is 1. The lowest BCUT2D eigenvalue weighted by atomic mass is 10.0. The van der Waals surface area contributed by atoms with Crippen LogP contribution >= 0.6 is 27.5 Å². The first-order chi connectivity index (χ1) is 8.70. The maximum Gasteiger partial charge on any atom is 0.227 e. The van der Waals surface area contributed by atoms with Crippen LogP contribution in [0.1, 0.15) is 24.8 Å². The van der Waals surface area contributed by atoms with Crippen LogP contribution in [0.5, 0.6) is 0 Å². The van der Waals surface area contributed by atoms with Gasteiger partial charge in [-0.1, -0.05) is 39.7 Å². The zero-order chi connectivity index (χ0) is 13.0. The predicted octanol–water partition coefficient (Wildman–Crippen LogP) is 3.66. The molecule has 2 nitrogen and oxygen atoms in total. The summed E-state index contributed by atoms with van der Waals surface area (Å²) < 4.78 is 0. The van der Waals surface area contributed by atoms with Crippen LogP contribution in [0.2, 0.25) is 5.02 Å². The van der Waals surface area contributed by atoms with Gasteiger partial charge in [0.2, 0.25) is 5.91 Å². The van der Waals surface area contributed by atoms with E-state index in [1.807, 2.05) is 29.2 Å². The van der Waals surface area contributed by atoms with Gasteiger partial charge in [0, 0.05) is 22.9 Å². The molecule has 0 bridgehead atoms. The molecular weight excluding hydrogens is 314 g/mol. The summed E-state index contributed by atoms with van der Waals surface area (Å²) in [4.78, 5) is 14.3. The summed E-state index contributed by atoms with van der Waals surface area (Å²) in [6.45, 7) is 0.885. The Bertz CT molecular complexity index is 424. The smallest absolute Gasteiger partial charge is 0.227 e. The van der Waals surface area contributed by atoms with Crippen molar-refractivity contribution in [2.24, 2.45) is 0 Å². The van der Waals surface area contributed by atoms with E-state index in [0.717, 1.165) is 30.3 Å². The van der Waals surface area contributed by atoms with Crippen LogP contribution in [-0.2, 0) is 11.2 Å². The third-order valence-corrected chi connectivity index (χ3v) is 4.35. The van der Waals surface area contributed by atoms with Gasteiger partial charge in [-0.2, -0.15) is 0 Å². The number of halogens is 2. The number of carbonyl (C=O) groups is 1. The topological polar surface area (TPSA) is 20.3 Å². The lowest BCUT2D eigenvalue weighted by molar-refractivity contribution is -0.133. The van der Waals surface area contributed by atoms with Gasteiger partial charge in [0.05, 0.1) is 6.42 Å².